The van der Waals surface area contributed by atoms with Crippen LogP contribution in [0.15, 0.2) is 11.5 Å². The Bertz CT molecular complexity index is 268. The average Bonchev–Trinajstić information content (AvgIpc) is 2.59. The maximum absolute atomic E-state index is 5.90. The van der Waals surface area contributed by atoms with Crippen LogP contribution in [0.5, 0.6) is 0 Å². The summed E-state index contributed by atoms with van der Waals surface area (Å²) < 4.78 is 11.8. The molecule has 0 amide bonds. The number of hydrogen-bond acceptors (Lipinski definition) is 3. The Kier molecular flexibility index (Phi) is 4.11. The van der Waals surface area contributed by atoms with E-state index in [1.165, 1.54) is 5.57 Å². The molecule has 0 unspecified atom stereocenters. The molecule has 2 heterocycles. The van der Waals surface area contributed by atoms with Crippen molar-refractivity contribution in [2.45, 2.75) is 45.3 Å². The zero-order valence-corrected chi connectivity index (χ0v) is 11.3. The Hall–Kier alpha value is -0.0251. The Labute approximate surface area is 105 Å². The van der Waals surface area contributed by atoms with E-state index in [-0.39, 0.29) is 30.7 Å². The SMILES string of the molecule is CC1(C)OB(/C=C2\CCNC2)OC1(C)C.Cl. The summed E-state index contributed by atoms with van der Waals surface area (Å²) in [5.74, 6) is 2.12. The molecule has 2 saturated heterocycles. The summed E-state index contributed by atoms with van der Waals surface area (Å²) in [6.45, 7) is 10.4. The zero-order chi connectivity index (χ0) is 11.1. The van der Waals surface area contributed by atoms with Gasteiger partial charge in [0.15, 0.2) is 0 Å². The fraction of sp³-hybridized carbons (Fsp3) is 0.818. The van der Waals surface area contributed by atoms with Crippen LogP contribution in [-0.2, 0) is 9.31 Å². The van der Waals surface area contributed by atoms with Crippen molar-refractivity contribution in [3.05, 3.63) is 11.5 Å². The first kappa shape index (κ1) is 14.0. The number of hydrogen-bond donors (Lipinski definition) is 1. The molecule has 2 aliphatic heterocycles. The molecule has 3 nitrogen and oxygen atoms in total. The van der Waals surface area contributed by atoms with Gasteiger partial charge in [0.1, 0.15) is 0 Å². The summed E-state index contributed by atoms with van der Waals surface area (Å²) in [6, 6.07) is 0. The van der Waals surface area contributed by atoms with E-state index >= 15 is 0 Å². The van der Waals surface area contributed by atoms with E-state index in [4.69, 9.17) is 9.31 Å². The molecule has 16 heavy (non-hydrogen) atoms. The first-order valence-electron chi connectivity index (χ1n) is 5.67. The molecule has 0 aromatic heterocycles. The van der Waals surface area contributed by atoms with Crippen LogP contribution < -0.4 is 5.32 Å². The number of nitrogens with one attached hydrogen (secondary N) is 1. The maximum Gasteiger partial charge on any atom is 0.487 e. The third-order valence-corrected chi connectivity index (χ3v) is 3.62. The van der Waals surface area contributed by atoms with Gasteiger partial charge in [0.2, 0.25) is 0 Å². The summed E-state index contributed by atoms with van der Waals surface area (Å²) in [4.78, 5) is 0. The Balaban J connectivity index is 0.00000128. The maximum atomic E-state index is 5.90. The number of rotatable bonds is 1. The van der Waals surface area contributed by atoms with E-state index < -0.39 is 0 Å². The lowest BCUT2D eigenvalue weighted by atomic mass is 9.87. The fourth-order valence-electron chi connectivity index (χ4n) is 1.88. The van der Waals surface area contributed by atoms with Crippen molar-refractivity contribution in [2.24, 2.45) is 0 Å². The molecule has 2 rings (SSSR count). The van der Waals surface area contributed by atoms with Gasteiger partial charge < -0.3 is 14.6 Å². The van der Waals surface area contributed by atoms with Gasteiger partial charge in [0.05, 0.1) is 11.2 Å². The van der Waals surface area contributed by atoms with Gasteiger partial charge in [-0.25, -0.2) is 0 Å². The third kappa shape index (κ3) is 2.62. The molecule has 2 fully saturated rings. The normalized spacial score (nSPS) is 29.5. The van der Waals surface area contributed by atoms with Gasteiger partial charge in [-0.1, -0.05) is 11.5 Å². The molecule has 0 bridgehead atoms. The van der Waals surface area contributed by atoms with Crippen LogP contribution in [0.4, 0.5) is 0 Å². The Morgan fingerprint density at radius 1 is 1.19 bits per heavy atom. The van der Waals surface area contributed by atoms with Gasteiger partial charge in [-0.2, -0.15) is 0 Å². The van der Waals surface area contributed by atoms with Gasteiger partial charge in [-0.3, -0.25) is 0 Å². The summed E-state index contributed by atoms with van der Waals surface area (Å²) >= 11 is 0. The lowest BCUT2D eigenvalue weighted by molar-refractivity contribution is 0.00578. The molecule has 0 aromatic carbocycles. The predicted octanol–water partition coefficient (Wildman–Crippen LogP) is 1.96. The van der Waals surface area contributed by atoms with E-state index in [1.807, 2.05) is 0 Å². The van der Waals surface area contributed by atoms with Crippen LogP contribution in [0.25, 0.3) is 0 Å². The van der Waals surface area contributed by atoms with Crippen LogP contribution in [-0.4, -0.2) is 31.4 Å². The second-order valence-corrected chi connectivity index (χ2v) is 5.38. The lowest BCUT2D eigenvalue weighted by Crippen LogP contribution is -2.41. The van der Waals surface area contributed by atoms with Crippen molar-refractivity contribution < 1.29 is 9.31 Å². The van der Waals surface area contributed by atoms with Crippen LogP contribution in [0, 0.1) is 0 Å². The van der Waals surface area contributed by atoms with Crippen molar-refractivity contribution in [3.63, 3.8) is 0 Å². The van der Waals surface area contributed by atoms with Crippen molar-refractivity contribution in [2.75, 3.05) is 13.1 Å². The molecule has 0 radical (unpaired) electrons. The van der Waals surface area contributed by atoms with E-state index in [0.717, 1.165) is 19.5 Å². The van der Waals surface area contributed by atoms with E-state index in [9.17, 15) is 0 Å². The molecular weight excluding hydrogens is 224 g/mol. The summed E-state index contributed by atoms with van der Waals surface area (Å²) in [5.41, 5.74) is 0.954. The molecule has 0 saturated carbocycles. The van der Waals surface area contributed by atoms with Gasteiger partial charge in [-0.05, 0) is 40.7 Å². The second-order valence-electron chi connectivity index (χ2n) is 5.38. The molecular formula is C11H21BClNO2. The van der Waals surface area contributed by atoms with Gasteiger partial charge in [0.25, 0.3) is 0 Å². The van der Waals surface area contributed by atoms with Gasteiger partial charge in [-0.15, -0.1) is 12.4 Å². The highest BCUT2D eigenvalue weighted by atomic mass is 35.5. The largest absolute Gasteiger partial charge is 0.487 e. The summed E-state index contributed by atoms with van der Waals surface area (Å²) in [7, 11) is -0.176. The molecule has 0 atom stereocenters. The zero-order valence-electron chi connectivity index (χ0n) is 10.5. The van der Waals surface area contributed by atoms with E-state index in [1.54, 1.807) is 0 Å². The first-order valence-corrected chi connectivity index (χ1v) is 5.67. The molecule has 0 aliphatic carbocycles. The van der Waals surface area contributed by atoms with Crippen molar-refractivity contribution in [3.8, 4) is 0 Å². The minimum Gasteiger partial charge on any atom is -0.400 e. The van der Waals surface area contributed by atoms with Crippen LogP contribution >= 0.6 is 12.4 Å². The summed E-state index contributed by atoms with van der Waals surface area (Å²) in [5, 5.41) is 3.31. The molecule has 2 aliphatic rings. The van der Waals surface area contributed by atoms with Crippen molar-refractivity contribution >= 4 is 19.5 Å². The topological polar surface area (TPSA) is 30.5 Å². The second kappa shape index (κ2) is 4.69. The highest BCUT2D eigenvalue weighted by Crippen LogP contribution is 2.37. The molecule has 92 valence electrons. The Morgan fingerprint density at radius 3 is 2.19 bits per heavy atom. The fourth-order valence-corrected chi connectivity index (χ4v) is 1.88. The van der Waals surface area contributed by atoms with Gasteiger partial charge in [0, 0.05) is 6.54 Å². The lowest BCUT2D eigenvalue weighted by Gasteiger charge is -2.32. The van der Waals surface area contributed by atoms with Crippen molar-refractivity contribution in [1.29, 1.82) is 0 Å². The minimum absolute atomic E-state index is 0. The highest BCUT2D eigenvalue weighted by molar-refractivity contribution is 6.51. The monoisotopic (exact) mass is 245 g/mol. The molecule has 1 N–H and O–H groups in total. The molecule has 0 spiro atoms. The third-order valence-electron chi connectivity index (χ3n) is 3.62. The first-order chi connectivity index (χ1) is 6.91. The summed E-state index contributed by atoms with van der Waals surface area (Å²) in [6.07, 6.45) is 1.12. The Morgan fingerprint density at radius 2 is 1.75 bits per heavy atom. The van der Waals surface area contributed by atoms with Crippen LogP contribution in [0.3, 0.4) is 0 Å². The highest BCUT2D eigenvalue weighted by Gasteiger charge is 2.50. The van der Waals surface area contributed by atoms with Gasteiger partial charge >= 0.3 is 7.12 Å². The van der Waals surface area contributed by atoms with E-state index in [0.29, 0.717) is 0 Å². The quantitative estimate of drug-likeness (QED) is 0.717. The van der Waals surface area contributed by atoms with Crippen LogP contribution in [0.1, 0.15) is 34.1 Å². The predicted molar refractivity (Wildman–Crippen MR) is 68.9 cm³/mol. The minimum atomic E-state index is -0.221. The molecule has 0 aromatic rings. The van der Waals surface area contributed by atoms with Crippen molar-refractivity contribution in [1.82, 2.24) is 5.32 Å². The van der Waals surface area contributed by atoms with E-state index in [2.05, 4.69) is 39.0 Å². The smallest absolute Gasteiger partial charge is 0.400 e. The average molecular weight is 246 g/mol. The number of halogens is 1. The molecule has 5 heteroatoms. The standard InChI is InChI=1S/C11H20BNO2.ClH/c1-10(2)11(3,4)15-12(14-10)7-9-5-6-13-8-9;/h7,13H,5-6,8H2,1-4H3;1H/b9-7+;. The van der Waals surface area contributed by atoms with Crippen LogP contribution in [0.2, 0.25) is 0 Å².